The molecule has 1 heterocycles. The van der Waals surface area contributed by atoms with Gasteiger partial charge in [0.25, 0.3) is 0 Å². The first-order chi connectivity index (χ1) is 7.47. The zero-order valence-electron chi connectivity index (χ0n) is 9.39. The number of rotatable bonds is 6. The van der Waals surface area contributed by atoms with Crippen LogP contribution in [-0.2, 0) is 16.6 Å². The molecule has 0 atom stereocenters. The van der Waals surface area contributed by atoms with Crippen molar-refractivity contribution in [1.82, 2.24) is 4.31 Å². The first-order valence-corrected chi connectivity index (χ1v) is 8.07. The van der Waals surface area contributed by atoms with Crippen molar-refractivity contribution in [1.29, 1.82) is 0 Å². The summed E-state index contributed by atoms with van der Waals surface area (Å²) < 4.78 is 25.4. The van der Waals surface area contributed by atoms with Crippen molar-refractivity contribution in [2.24, 2.45) is 0 Å². The Balaban J connectivity index is 2.84. The molecule has 1 rings (SSSR count). The van der Waals surface area contributed by atoms with Crippen molar-refractivity contribution in [2.75, 3.05) is 11.6 Å². The third-order valence-electron chi connectivity index (χ3n) is 2.16. The average molecular weight is 282 g/mol. The zero-order chi connectivity index (χ0) is 12.2. The number of hydrogen-bond donors (Lipinski definition) is 0. The molecule has 0 N–H and O–H groups in total. The lowest BCUT2D eigenvalue weighted by atomic mass is 10.4. The molecule has 0 aliphatic rings. The van der Waals surface area contributed by atoms with E-state index in [1.54, 1.807) is 11.3 Å². The van der Waals surface area contributed by atoms with Crippen LogP contribution < -0.4 is 0 Å². The second-order valence-electron chi connectivity index (χ2n) is 3.72. The van der Waals surface area contributed by atoms with Crippen LogP contribution in [0.5, 0.6) is 0 Å². The van der Waals surface area contributed by atoms with Gasteiger partial charge in [-0.15, -0.1) is 22.9 Å². The maximum absolute atomic E-state index is 11.9. The first kappa shape index (κ1) is 14.0. The highest BCUT2D eigenvalue weighted by Gasteiger charge is 2.24. The predicted octanol–water partition coefficient (Wildman–Crippen LogP) is 2.53. The Morgan fingerprint density at radius 3 is 2.62 bits per heavy atom. The topological polar surface area (TPSA) is 37.4 Å². The minimum Gasteiger partial charge on any atom is -0.212 e. The van der Waals surface area contributed by atoms with Crippen LogP contribution >= 0.6 is 22.9 Å². The number of thiophene rings is 1. The van der Waals surface area contributed by atoms with Gasteiger partial charge in [-0.05, 0) is 25.3 Å². The standard InChI is InChI=1S/C10H16ClNO2S2/c1-9(2)12(16(13,14)7-5-11)8-10-4-3-6-15-10/h3-4,6,9H,5,7-8H2,1-2H3. The summed E-state index contributed by atoms with van der Waals surface area (Å²) in [4.78, 5) is 1.05. The highest BCUT2D eigenvalue weighted by Crippen LogP contribution is 2.17. The summed E-state index contributed by atoms with van der Waals surface area (Å²) >= 11 is 7.08. The molecule has 92 valence electrons. The Bertz CT molecular complexity index is 400. The minimum absolute atomic E-state index is 0.00187. The van der Waals surface area contributed by atoms with Gasteiger partial charge < -0.3 is 0 Å². The van der Waals surface area contributed by atoms with Crippen LogP contribution in [0.2, 0.25) is 0 Å². The van der Waals surface area contributed by atoms with Crippen LogP contribution in [0, 0.1) is 0 Å². The van der Waals surface area contributed by atoms with E-state index in [1.165, 1.54) is 4.31 Å². The summed E-state index contributed by atoms with van der Waals surface area (Å²) in [7, 11) is -3.24. The van der Waals surface area contributed by atoms with E-state index in [9.17, 15) is 8.42 Å². The zero-order valence-corrected chi connectivity index (χ0v) is 11.8. The molecule has 0 spiro atoms. The summed E-state index contributed by atoms with van der Waals surface area (Å²) in [5, 5.41) is 1.95. The van der Waals surface area contributed by atoms with Crippen LogP contribution in [0.25, 0.3) is 0 Å². The number of halogens is 1. The molecule has 0 aromatic carbocycles. The molecule has 0 unspecified atom stereocenters. The van der Waals surface area contributed by atoms with Crippen LogP contribution in [0.1, 0.15) is 18.7 Å². The fourth-order valence-electron chi connectivity index (χ4n) is 1.37. The second kappa shape index (κ2) is 6.00. The molecule has 0 saturated carbocycles. The Kier molecular flexibility index (Phi) is 5.24. The number of nitrogens with zero attached hydrogens (tertiary/aromatic N) is 1. The van der Waals surface area contributed by atoms with Crippen molar-refractivity contribution < 1.29 is 8.42 Å². The molecule has 0 amide bonds. The third kappa shape index (κ3) is 3.73. The van der Waals surface area contributed by atoms with Gasteiger partial charge in [0.05, 0.1) is 5.75 Å². The van der Waals surface area contributed by atoms with E-state index in [1.807, 2.05) is 31.4 Å². The smallest absolute Gasteiger partial charge is 0.212 e. The second-order valence-corrected chi connectivity index (χ2v) is 7.17. The first-order valence-electron chi connectivity index (χ1n) is 5.05. The molecule has 0 radical (unpaired) electrons. The molecule has 0 bridgehead atoms. The minimum atomic E-state index is -3.24. The lowest BCUT2D eigenvalue weighted by molar-refractivity contribution is 0.351. The maximum Gasteiger partial charge on any atom is 0.215 e. The summed E-state index contributed by atoms with van der Waals surface area (Å²) in [6.07, 6.45) is 0. The van der Waals surface area contributed by atoms with E-state index in [0.717, 1.165) is 4.88 Å². The lowest BCUT2D eigenvalue weighted by Gasteiger charge is -2.24. The maximum atomic E-state index is 11.9. The van der Waals surface area contributed by atoms with Gasteiger partial charge in [0.1, 0.15) is 0 Å². The summed E-state index contributed by atoms with van der Waals surface area (Å²) in [6, 6.07) is 3.82. The molecule has 3 nitrogen and oxygen atoms in total. The van der Waals surface area contributed by atoms with Crippen LogP contribution in [0.15, 0.2) is 17.5 Å². The lowest BCUT2D eigenvalue weighted by Crippen LogP contribution is -2.38. The normalized spacial score (nSPS) is 12.6. The van der Waals surface area contributed by atoms with Crippen molar-refractivity contribution in [3.8, 4) is 0 Å². The van der Waals surface area contributed by atoms with E-state index in [4.69, 9.17) is 11.6 Å². The number of hydrogen-bond acceptors (Lipinski definition) is 3. The molecule has 1 aromatic heterocycles. The molecule has 0 aliphatic heterocycles. The van der Waals surface area contributed by atoms with E-state index < -0.39 is 10.0 Å². The van der Waals surface area contributed by atoms with Crippen molar-refractivity contribution in [3.05, 3.63) is 22.4 Å². The van der Waals surface area contributed by atoms with Gasteiger partial charge in [0.15, 0.2) is 0 Å². The Morgan fingerprint density at radius 1 is 1.50 bits per heavy atom. The molecule has 6 heteroatoms. The quantitative estimate of drug-likeness (QED) is 0.752. The fourth-order valence-corrected chi connectivity index (χ4v) is 4.15. The Morgan fingerprint density at radius 2 is 2.19 bits per heavy atom. The van der Waals surface area contributed by atoms with Crippen molar-refractivity contribution in [3.63, 3.8) is 0 Å². The highest BCUT2D eigenvalue weighted by atomic mass is 35.5. The van der Waals surface area contributed by atoms with Gasteiger partial charge in [-0.3, -0.25) is 0 Å². The summed E-state index contributed by atoms with van der Waals surface area (Å²) in [5.74, 6) is 0.133. The average Bonchev–Trinajstić information content (AvgIpc) is 2.65. The Labute approximate surface area is 106 Å². The van der Waals surface area contributed by atoms with Crippen LogP contribution in [-0.4, -0.2) is 30.4 Å². The van der Waals surface area contributed by atoms with Gasteiger partial charge in [-0.1, -0.05) is 6.07 Å². The number of sulfonamides is 1. The van der Waals surface area contributed by atoms with Crippen molar-refractivity contribution in [2.45, 2.75) is 26.4 Å². The molecular weight excluding hydrogens is 266 g/mol. The van der Waals surface area contributed by atoms with Gasteiger partial charge in [-0.25, -0.2) is 8.42 Å². The molecule has 0 aliphatic carbocycles. The van der Waals surface area contributed by atoms with Gasteiger partial charge >= 0.3 is 0 Å². The van der Waals surface area contributed by atoms with Gasteiger partial charge in [0, 0.05) is 23.3 Å². The van der Waals surface area contributed by atoms with Crippen LogP contribution in [0.3, 0.4) is 0 Å². The predicted molar refractivity (Wildman–Crippen MR) is 69.5 cm³/mol. The van der Waals surface area contributed by atoms with Gasteiger partial charge in [-0.2, -0.15) is 4.31 Å². The monoisotopic (exact) mass is 281 g/mol. The van der Waals surface area contributed by atoms with E-state index in [0.29, 0.717) is 6.54 Å². The highest BCUT2D eigenvalue weighted by molar-refractivity contribution is 7.89. The largest absolute Gasteiger partial charge is 0.215 e. The van der Waals surface area contributed by atoms with E-state index in [-0.39, 0.29) is 17.7 Å². The molecular formula is C10H16ClNO2S2. The SMILES string of the molecule is CC(C)N(Cc1cccs1)S(=O)(=O)CCCl. The summed E-state index contributed by atoms with van der Waals surface area (Å²) in [6.45, 7) is 4.19. The van der Waals surface area contributed by atoms with E-state index >= 15 is 0 Å². The number of alkyl halides is 1. The molecule has 16 heavy (non-hydrogen) atoms. The molecule has 0 fully saturated rings. The molecule has 0 saturated heterocycles. The van der Waals surface area contributed by atoms with E-state index in [2.05, 4.69) is 0 Å². The van der Waals surface area contributed by atoms with Gasteiger partial charge in [0.2, 0.25) is 10.0 Å². The van der Waals surface area contributed by atoms with Crippen LogP contribution in [0.4, 0.5) is 0 Å². The van der Waals surface area contributed by atoms with Crippen molar-refractivity contribution >= 4 is 33.0 Å². The molecule has 1 aromatic rings. The fraction of sp³-hybridized carbons (Fsp3) is 0.600. The summed E-state index contributed by atoms with van der Waals surface area (Å²) in [5.41, 5.74) is 0. The Hall–Kier alpha value is -0.100. The third-order valence-corrected chi connectivity index (χ3v) is 5.42.